The van der Waals surface area contributed by atoms with Gasteiger partial charge in [-0.2, -0.15) is 0 Å². The van der Waals surface area contributed by atoms with E-state index < -0.39 is 0 Å². The molecule has 196 valence electrons. The van der Waals surface area contributed by atoms with Crippen molar-refractivity contribution < 1.29 is 14.3 Å². The maximum atomic E-state index is 13.8. The van der Waals surface area contributed by atoms with Crippen LogP contribution in [0.1, 0.15) is 52.7 Å². The fourth-order valence-electron chi connectivity index (χ4n) is 4.54. The van der Waals surface area contributed by atoms with Crippen molar-refractivity contribution in [2.24, 2.45) is 5.92 Å². The van der Waals surface area contributed by atoms with Gasteiger partial charge in [0.15, 0.2) is 0 Å². The van der Waals surface area contributed by atoms with Gasteiger partial charge in [-0.05, 0) is 78.2 Å². The highest BCUT2D eigenvalue weighted by Crippen LogP contribution is 2.34. The maximum absolute atomic E-state index is 13.8. The number of fused-ring (bicyclic) bond motifs is 1. The van der Waals surface area contributed by atoms with E-state index in [0.29, 0.717) is 41.1 Å². The third-order valence-corrected chi connectivity index (χ3v) is 8.52. The molecular formula is C29H32Cl2N2O3S. The van der Waals surface area contributed by atoms with Crippen molar-refractivity contribution in [2.75, 3.05) is 26.2 Å². The molecule has 2 atom stereocenters. The van der Waals surface area contributed by atoms with Crippen LogP contribution in [0, 0.1) is 12.8 Å². The van der Waals surface area contributed by atoms with Crippen molar-refractivity contribution in [3.05, 3.63) is 85.5 Å². The Labute approximate surface area is 232 Å². The van der Waals surface area contributed by atoms with E-state index in [9.17, 15) is 9.59 Å². The standard InChI is InChI=1S/C29H32Cl2N2O3S/c1-4-19(2)16-32(29(35)21-6-5-7-22(30)15-21)17-28(34)33-12-10-27-24(11-13-37-27)26(33)18-36-23-8-9-25(31)20(3)14-23/h5-9,11,13-15,19,26H,4,10,12,16-18H2,1-3H3/t19-,26-/m1/s1. The Kier molecular flexibility index (Phi) is 9.17. The molecule has 2 amide bonds. The second-order valence-electron chi connectivity index (χ2n) is 9.58. The van der Waals surface area contributed by atoms with Gasteiger partial charge in [-0.1, -0.05) is 49.5 Å². The highest BCUT2D eigenvalue weighted by Gasteiger charge is 2.34. The summed E-state index contributed by atoms with van der Waals surface area (Å²) in [4.78, 5) is 32.0. The van der Waals surface area contributed by atoms with Crippen molar-refractivity contribution in [2.45, 2.75) is 39.7 Å². The van der Waals surface area contributed by atoms with Gasteiger partial charge < -0.3 is 14.5 Å². The van der Waals surface area contributed by atoms with Crippen LogP contribution in [-0.2, 0) is 11.2 Å². The summed E-state index contributed by atoms with van der Waals surface area (Å²) < 4.78 is 6.16. The monoisotopic (exact) mass is 558 g/mol. The first-order chi connectivity index (χ1) is 17.8. The highest BCUT2D eigenvalue weighted by molar-refractivity contribution is 7.10. The van der Waals surface area contributed by atoms with Crippen molar-refractivity contribution in [3.63, 3.8) is 0 Å². The average molecular weight is 560 g/mol. The van der Waals surface area contributed by atoms with Crippen molar-refractivity contribution >= 4 is 46.4 Å². The van der Waals surface area contributed by atoms with Gasteiger partial charge in [0.25, 0.3) is 5.91 Å². The van der Waals surface area contributed by atoms with Crippen LogP contribution in [0.3, 0.4) is 0 Å². The molecule has 0 N–H and O–H groups in total. The molecule has 0 radical (unpaired) electrons. The quantitative estimate of drug-likeness (QED) is 0.282. The van der Waals surface area contributed by atoms with Crippen molar-refractivity contribution in [1.82, 2.24) is 9.80 Å². The molecule has 0 spiro atoms. The lowest BCUT2D eigenvalue weighted by molar-refractivity contribution is -0.135. The van der Waals surface area contributed by atoms with E-state index in [2.05, 4.69) is 25.3 Å². The molecule has 8 heteroatoms. The van der Waals surface area contributed by atoms with Crippen LogP contribution < -0.4 is 4.74 Å². The summed E-state index contributed by atoms with van der Waals surface area (Å²) in [6.45, 7) is 7.52. The number of carbonyl (C=O) groups is 2. The second-order valence-corrected chi connectivity index (χ2v) is 11.4. The van der Waals surface area contributed by atoms with E-state index in [4.69, 9.17) is 27.9 Å². The molecule has 0 fully saturated rings. The Bertz CT molecular complexity index is 1260. The molecule has 2 heterocycles. The van der Waals surface area contributed by atoms with E-state index in [-0.39, 0.29) is 30.3 Å². The number of ether oxygens (including phenoxy) is 1. The van der Waals surface area contributed by atoms with Crippen LogP contribution in [0.15, 0.2) is 53.9 Å². The average Bonchev–Trinajstić information content (AvgIpc) is 3.37. The summed E-state index contributed by atoms with van der Waals surface area (Å²) in [5.41, 5.74) is 2.54. The number of aryl methyl sites for hydroxylation is 1. The molecular weight excluding hydrogens is 527 g/mol. The zero-order valence-electron chi connectivity index (χ0n) is 21.4. The predicted molar refractivity (Wildman–Crippen MR) is 151 cm³/mol. The number of hydrogen-bond acceptors (Lipinski definition) is 4. The van der Waals surface area contributed by atoms with Crippen LogP contribution in [0.2, 0.25) is 10.0 Å². The molecule has 0 bridgehead atoms. The molecule has 0 saturated heterocycles. The minimum atomic E-state index is -0.231. The van der Waals surface area contributed by atoms with E-state index in [0.717, 1.165) is 24.0 Å². The minimum absolute atomic E-state index is 0.00566. The first kappa shape index (κ1) is 27.5. The summed E-state index contributed by atoms with van der Waals surface area (Å²) in [7, 11) is 0. The first-order valence-electron chi connectivity index (χ1n) is 12.6. The summed E-state index contributed by atoms with van der Waals surface area (Å²) in [5, 5.41) is 3.25. The summed E-state index contributed by atoms with van der Waals surface area (Å²) in [6.07, 6.45) is 1.70. The van der Waals surface area contributed by atoms with Crippen molar-refractivity contribution in [3.8, 4) is 5.75 Å². The zero-order valence-corrected chi connectivity index (χ0v) is 23.7. The number of thiophene rings is 1. The van der Waals surface area contributed by atoms with Gasteiger partial charge in [-0.3, -0.25) is 9.59 Å². The summed E-state index contributed by atoms with van der Waals surface area (Å²) >= 11 is 14.0. The Hall–Kier alpha value is -2.54. The van der Waals surface area contributed by atoms with E-state index in [1.807, 2.05) is 30.0 Å². The number of benzene rings is 2. The maximum Gasteiger partial charge on any atom is 0.254 e. The largest absolute Gasteiger partial charge is 0.491 e. The van der Waals surface area contributed by atoms with E-state index >= 15 is 0 Å². The van der Waals surface area contributed by atoms with Gasteiger partial charge in [0.05, 0.1) is 6.04 Å². The molecule has 0 aliphatic carbocycles. The minimum Gasteiger partial charge on any atom is -0.491 e. The molecule has 1 aliphatic heterocycles. The van der Waals surface area contributed by atoms with Crippen LogP contribution in [0.5, 0.6) is 5.75 Å². The van der Waals surface area contributed by atoms with E-state index in [1.54, 1.807) is 40.5 Å². The summed E-state index contributed by atoms with van der Waals surface area (Å²) in [5.74, 6) is 0.699. The number of hydrogen-bond donors (Lipinski definition) is 0. The zero-order chi connectivity index (χ0) is 26.5. The van der Waals surface area contributed by atoms with Gasteiger partial charge in [0.1, 0.15) is 18.9 Å². The van der Waals surface area contributed by atoms with Gasteiger partial charge >= 0.3 is 0 Å². The Morgan fingerprint density at radius 1 is 1.19 bits per heavy atom. The SMILES string of the molecule is CC[C@@H](C)CN(CC(=O)N1CCc2sccc2[C@H]1COc1ccc(Cl)c(C)c1)C(=O)c1cccc(Cl)c1. The molecule has 1 aromatic heterocycles. The number of amides is 2. The summed E-state index contributed by atoms with van der Waals surface area (Å²) in [6, 6.07) is 14.3. The van der Waals surface area contributed by atoms with Gasteiger partial charge in [0.2, 0.25) is 5.91 Å². The van der Waals surface area contributed by atoms with Crippen LogP contribution in [0.4, 0.5) is 0 Å². The lowest BCUT2D eigenvalue weighted by atomic mass is 10.00. The van der Waals surface area contributed by atoms with Gasteiger partial charge in [0, 0.05) is 33.6 Å². The lowest BCUT2D eigenvalue weighted by Crippen LogP contribution is -2.48. The third-order valence-electron chi connectivity index (χ3n) is 6.87. The lowest BCUT2D eigenvalue weighted by Gasteiger charge is -2.37. The Balaban J connectivity index is 1.55. The molecule has 3 aromatic rings. The number of carbonyl (C=O) groups excluding carboxylic acids is 2. The third kappa shape index (κ3) is 6.67. The smallest absolute Gasteiger partial charge is 0.254 e. The fourth-order valence-corrected chi connectivity index (χ4v) is 5.78. The predicted octanol–water partition coefficient (Wildman–Crippen LogP) is 7.06. The molecule has 4 rings (SSSR count). The fraction of sp³-hybridized carbons (Fsp3) is 0.379. The van der Waals surface area contributed by atoms with Crippen LogP contribution in [-0.4, -0.2) is 47.9 Å². The number of rotatable bonds is 9. The highest BCUT2D eigenvalue weighted by atomic mass is 35.5. The van der Waals surface area contributed by atoms with Crippen molar-refractivity contribution in [1.29, 1.82) is 0 Å². The molecule has 0 unspecified atom stereocenters. The van der Waals surface area contributed by atoms with Crippen LogP contribution >= 0.6 is 34.5 Å². The molecule has 0 saturated carbocycles. The second kappa shape index (κ2) is 12.3. The van der Waals surface area contributed by atoms with Gasteiger partial charge in [-0.25, -0.2) is 0 Å². The number of halogens is 2. The van der Waals surface area contributed by atoms with Crippen LogP contribution in [0.25, 0.3) is 0 Å². The molecule has 2 aromatic carbocycles. The first-order valence-corrected chi connectivity index (χ1v) is 14.2. The molecule has 1 aliphatic rings. The molecule has 5 nitrogen and oxygen atoms in total. The normalized spacial score (nSPS) is 15.7. The number of nitrogens with zero attached hydrogens (tertiary/aromatic N) is 2. The van der Waals surface area contributed by atoms with E-state index in [1.165, 1.54) is 4.88 Å². The van der Waals surface area contributed by atoms with Gasteiger partial charge in [-0.15, -0.1) is 11.3 Å². The molecule has 37 heavy (non-hydrogen) atoms. The Morgan fingerprint density at radius 3 is 2.73 bits per heavy atom. The topological polar surface area (TPSA) is 49.9 Å². The Morgan fingerprint density at radius 2 is 2.00 bits per heavy atom.